The van der Waals surface area contributed by atoms with Crippen LogP contribution in [0.4, 0.5) is 0 Å². The number of amides is 1. The van der Waals surface area contributed by atoms with Crippen LogP contribution >= 0.6 is 0 Å². The molecule has 1 aliphatic carbocycles. The summed E-state index contributed by atoms with van der Waals surface area (Å²) in [4.78, 5) is 14.5. The van der Waals surface area contributed by atoms with E-state index in [1.165, 1.54) is 32.1 Å². The van der Waals surface area contributed by atoms with Crippen molar-refractivity contribution in [1.29, 1.82) is 0 Å². The lowest BCUT2D eigenvalue weighted by atomic mass is 9.84. The van der Waals surface area contributed by atoms with Gasteiger partial charge in [0.05, 0.1) is 12.7 Å². The molecule has 1 saturated heterocycles. The van der Waals surface area contributed by atoms with E-state index in [0.29, 0.717) is 17.9 Å². The fraction of sp³-hybridized carbons (Fsp3) is 0.933. The summed E-state index contributed by atoms with van der Waals surface area (Å²) in [5, 5.41) is 3.41. The second-order valence-electron chi connectivity index (χ2n) is 6.12. The highest BCUT2D eigenvalue weighted by molar-refractivity contribution is 5.84. The van der Waals surface area contributed by atoms with Crippen molar-refractivity contribution in [2.45, 2.75) is 71.4 Å². The molecule has 1 heterocycles. The largest absolute Gasteiger partial charge is 0.326 e. The van der Waals surface area contributed by atoms with Gasteiger partial charge < -0.3 is 4.90 Å². The van der Waals surface area contributed by atoms with Crippen molar-refractivity contribution in [2.24, 2.45) is 11.8 Å². The number of nitrogens with zero attached hydrogens (tertiary/aromatic N) is 1. The Labute approximate surface area is 111 Å². The first-order valence-electron chi connectivity index (χ1n) is 7.71. The zero-order valence-corrected chi connectivity index (χ0v) is 12.1. The Morgan fingerprint density at radius 1 is 1.28 bits per heavy atom. The molecule has 0 aromatic rings. The lowest BCUT2D eigenvalue weighted by Crippen LogP contribution is -2.42. The van der Waals surface area contributed by atoms with Gasteiger partial charge in [-0.2, -0.15) is 0 Å². The van der Waals surface area contributed by atoms with Gasteiger partial charge in [-0.25, -0.2) is 0 Å². The summed E-state index contributed by atoms with van der Waals surface area (Å²) in [7, 11) is 0. The molecule has 1 amide bonds. The molecule has 104 valence electrons. The summed E-state index contributed by atoms with van der Waals surface area (Å²) in [5.41, 5.74) is 0. The normalized spacial score (nSPS) is 34.9. The Bertz CT molecular complexity index is 284. The number of carbonyl (C=O) groups is 1. The first-order chi connectivity index (χ1) is 8.67. The average Bonchev–Trinajstić information content (AvgIpc) is 2.80. The van der Waals surface area contributed by atoms with Gasteiger partial charge in [-0.05, 0) is 37.5 Å². The van der Waals surface area contributed by atoms with Crippen LogP contribution in [0.5, 0.6) is 0 Å². The van der Waals surface area contributed by atoms with Crippen LogP contribution in [0.15, 0.2) is 0 Å². The average molecular weight is 252 g/mol. The molecule has 18 heavy (non-hydrogen) atoms. The van der Waals surface area contributed by atoms with Crippen molar-refractivity contribution in [3.63, 3.8) is 0 Å². The van der Waals surface area contributed by atoms with Crippen molar-refractivity contribution in [2.75, 3.05) is 6.67 Å². The van der Waals surface area contributed by atoms with Crippen LogP contribution in [0.1, 0.15) is 59.3 Å². The maximum Gasteiger partial charge on any atom is 0.241 e. The molecular weight excluding hydrogens is 224 g/mol. The molecular formula is C15H28N2O. The van der Waals surface area contributed by atoms with E-state index >= 15 is 0 Å². The van der Waals surface area contributed by atoms with Gasteiger partial charge >= 0.3 is 0 Å². The lowest BCUT2D eigenvalue weighted by molar-refractivity contribution is -0.132. The zero-order valence-electron chi connectivity index (χ0n) is 12.1. The Balaban J connectivity index is 1.90. The molecule has 2 unspecified atom stereocenters. The van der Waals surface area contributed by atoms with Crippen molar-refractivity contribution >= 4 is 5.91 Å². The van der Waals surface area contributed by atoms with Gasteiger partial charge in [0.2, 0.25) is 5.91 Å². The van der Waals surface area contributed by atoms with Gasteiger partial charge in [0.15, 0.2) is 0 Å². The number of hydrogen-bond donors (Lipinski definition) is 1. The first-order valence-corrected chi connectivity index (χ1v) is 7.71. The zero-order chi connectivity index (χ0) is 13.1. The molecule has 0 radical (unpaired) electrons. The molecule has 2 fully saturated rings. The Morgan fingerprint density at radius 2 is 1.94 bits per heavy atom. The van der Waals surface area contributed by atoms with Crippen LogP contribution in [0.25, 0.3) is 0 Å². The summed E-state index contributed by atoms with van der Waals surface area (Å²) in [6.45, 7) is 7.39. The minimum atomic E-state index is 0.0684. The van der Waals surface area contributed by atoms with E-state index in [9.17, 15) is 4.79 Å². The third-order valence-electron chi connectivity index (χ3n) is 5.08. The number of nitrogens with one attached hydrogen (secondary N) is 1. The standard InChI is InChI=1S/C15H28N2O/c1-4-11(3)14-15(18)17(10-16-14)13-8-6-12(5-2)7-9-13/h11-14,16H,4-10H2,1-3H3. The maximum atomic E-state index is 12.4. The van der Waals surface area contributed by atoms with Crippen LogP contribution in [0.3, 0.4) is 0 Å². The second-order valence-corrected chi connectivity index (χ2v) is 6.12. The van der Waals surface area contributed by atoms with Crippen molar-refractivity contribution in [3.05, 3.63) is 0 Å². The molecule has 2 rings (SSSR count). The number of hydrogen-bond acceptors (Lipinski definition) is 2. The highest BCUT2D eigenvalue weighted by Crippen LogP contribution is 2.31. The van der Waals surface area contributed by atoms with E-state index in [1.54, 1.807) is 0 Å². The fourth-order valence-corrected chi connectivity index (χ4v) is 3.39. The van der Waals surface area contributed by atoms with E-state index in [4.69, 9.17) is 0 Å². The number of carbonyl (C=O) groups excluding carboxylic acids is 1. The van der Waals surface area contributed by atoms with E-state index in [1.807, 2.05) is 0 Å². The first kappa shape index (κ1) is 13.9. The highest BCUT2D eigenvalue weighted by Gasteiger charge is 2.38. The quantitative estimate of drug-likeness (QED) is 0.834. The third-order valence-corrected chi connectivity index (χ3v) is 5.08. The molecule has 1 saturated carbocycles. The summed E-state index contributed by atoms with van der Waals surface area (Å²) < 4.78 is 0. The van der Waals surface area contributed by atoms with Gasteiger partial charge in [-0.3, -0.25) is 10.1 Å². The molecule has 3 nitrogen and oxygen atoms in total. The van der Waals surface area contributed by atoms with Gasteiger partial charge in [-0.15, -0.1) is 0 Å². The summed E-state index contributed by atoms with van der Waals surface area (Å²) in [6, 6.07) is 0.570. The minimum Gasteiger partial charge on any atom is -0.326 e. The van der Waals surface area contributed by atoms with Crippen molar-refractivity contribution in [1.82, 2.24) is 10.2 Å². The van der Waals surface area contributed by atoms with E-state index in [2.05, 4.69) is 31.0 Å². The molecule has 1 aliphatic heterocycles. The number of rotatable bonds is 4. The SMILES string of the molecule is CCC1CCC(N2CNC(C(C)CC)C2=O)CC1. The van der Waals surface area contributed by atoms with Crippen LogP contribution in [0, 0.1) is 11.8 Å². The summed E-state index contributed by atoms with van der Waals surface area (Å²) in [5.74, 6) is 1.70. The fourth-order valence-electron chi connectivity index (χ4n) is 3.39. The molecule has 1 N–H and O–H groups in total. The monoisotopic (exact) mass is 252 g/mol. The minimum absolute atomic E-state index is 0.0684. The lowest BCUT2D eigenvalue weighted by Gasteiger charge is -2.34. The van der Waals surface area contributed by atoms with Crippen molar-refractivity contribution < 1.29 is 4.79 Å². The van der Waals surface area contributed by atoms with Crippen molar-refractivity contribution in [3.8, 4) is 0 Å². The third kappa shape index (κ3) is 2.71. The molecule has 0 spiro atoms. The molecule has 0 aromatic carbocycles. The second kappa shape index (κ2) is 6.05. The van der Waals surface area contributed by atoms with Crippen LogP contribution < -0.4 is 5.32 Å². The Kier molecular flexibility index (Phi) is 4.66. The maximum absolute atomic E-state index is 12.4. The molecule has 0 aromatic heterocycles. The van der Waals surface area contributed by atoms with Crippen LogP contribution in [-0.2, 0) is 4.79 Å². The topological polar surface area (TPSA) is 32.3 Å². The van der Waals surface area contributed by atoms with E-state index < -0.39 is 0 Å². The van der Waals surface area contributed by atoms with Gasteiger partial charge in [0.25, 0.3) is 0 Å². The highest BCUT2D eigenvalue weighted by atomic mass is 16.2. The van der Waals surface area contributed by atoms with Gasteiger partial charge in [0, 0.05) is 6.04 Å². The smallest absolute Gasteiger partial charge is 0.241 e. The Hall–Kier alpha value is -0.570. The molecule has 3 heteroatoms. The predicted octanol–water partition coefficient (Wildman–Crippen LogP) is 2.76. The van der Waals surface area contributed by atoms with Gasteiger partial charge in [0.1, 0.15) is 0 Å². The van der Waals surface area contributed by atoms with Crippen LogP contribution in [-0.4, -0.2) is 29.6 Å². The van der Waals surface area contributed by atoms with E-state index in [0.717, 1.165) is 19.0 Å². The van der Waals surface area contributed by atoms with Crippen LogP contribution in [0.2, 0.25) is 0 Å². The summed E-state index contributed by atoms with van der Waals surface area (Å²) >= 11 is 0. The molecule has 2 aliphatic rings. The predicted molar refractivity (Wildman–Crippen MR) is 74.1 cm³/mol. The summed E-state index contributed by atoms with van der Waals surface area (Å²) in [6.07, 6.45) is 7.39. The molecule has 2 atom stereocenters. The van der Waals surface area contributed by atoms with E-state index in [-0.39, 0.29) is 6.04 Å². The molecule has 0 bridgehead atoms. The Morgan fingerprint density at radius 3 is 2.50 bits per heavy atom. The van der Waals surface area contributed by atoms with Gasteiger partial charge in [-0.1, -0.05) is 33.6 Å².